The molecule has 3 N–H and O–H groups in total. The predicted molar refractivity (Wildman–Crippen MR) is 211 cm³/mol. The van der Waals surface area contributed by atoms with Gasteiger partial charge in [0.2, 0.25) is 27.7 Å². The number of aromatic nitrogens is 1. The molecule has 3 heterocycles. The average Bonchev–Trinajstić information content (AvgIpc) is 4.07. The first-order valence-corrected chi connectivity index (χ1v) is 21.6. The van der Waals surface area contributed by atoms with Crippen molar-refractivity contribution < 1.29 is 55.3 Å². The first-order valence-electron chi connectivity index (χ1n) is 20.1. The Labute approximate surface area is 342 Å². The van der Waals surface area contributed by atoms with Gasteiger partial charge in [-0.15, -0.1) is 0 Å². The summed E-state index contributed by atoms with van der Waals surface area (Å²) in [5.74, 6) is -7.41. The number of carbonyl (C=O) groups is 4. The molecule has 2 aliphatic carbocycles. The van der Waals surface area contributed by atoms with E-state index < -0.39 is 92.3 Å². The van der Waals surface area contributed by atoms with Crippen LogP contribution in [0.2, 0.25) is 0 Å². The molecule has 2 aromatic rings. The van der Waals surface area contributed by atoms with Crippen molar-refractivity contribution in [1.29, 1.82) is 0 Å². The van der Waals surface area contributed by atoms with Crippen molar-refractivity contribution in [2.75, 3.05) is 19.8 Å². The van der Waals surface area contributed by atoms with Gasteiger partial charge in [-0.1, -0.05) is 44.2 Å². The molecule has 3 fully saturated rings. The molecule has 1 aromatic carbocycles. The van der Waals surface area contributed by atoms with Gasteiger partial charge in [-0.3, -0.25) is 24.0 Å². The van der Waals surface area contributed by atoms with Gasteiger partial charge in [0.25, 0.3) is 11.8 Å². The molecule has 18 heteroatoms. The topological polar surface area (TPSA) is 185 Å². The Kier molecular flexibility index (Phi) is 12.0. The molecule has 7 atom stereocenters. The number of rotatable bonds is 11. The Hall–Kier alpha value is -4.61. The zero-order chi connectivity index (χ0) is 43.3. The molecular formula is C41H54F3N5O9S. The van der Waals surface area contributed by atoms with E-state index in [1.54, 1.807) is 37.3 Å². The standard InChI is InChI=1S/C41H54F3N5O9S/c1-7-57-31-21-45-34(29-15-11-10-14-28(29)31)58-27-19-30-33(50)46-41(36(52)47-59(55,56)40(23-42)16-17-40)20-26(41)13-9-8-12-24(2)18-25(3)32(35(51)48(30)22-27)49(37(53)54)38(4,5)39(6,43)44/h9-11,13-15,21,24-27,30,32H,7-8,12,16-20,22-23H2,1-6H3,(H,46,50)(H,47,52)(H,53,54)/b13-9-/t24-,25-,26-,27-,30+,32+,41-/m1/s1. The molecule has 6 rings (SSSR count). The third-order valence-corrected chi connectivity index (χ3v) is 14.8. The van der Waals surface area contributed by atoms with Gasteiger partial charge in [0, 0.05) is 30.0 Å². The van der Waals surface area contributed by atoms with E-state index in [1.807, 2.05) is 24.6 Å². The van der Waals surface area contributed by atoms with E-state index >= 15 is 13.6 Å². The lowest BCUT2D eigenvalue weighted by atomic mass is 9.84. The molecule has 4 amide bonds. The highest BCUT2D eigenvalue weighted by Crippen LogP contribution is 2.48. The Bertz CT molecular complexity index is 2110. The molecule has 14 nitrogen and oxygen atoms in total. The molecule has 1 aromatic heterocycles. The van der Waals surface area contributed by atoms with Gasteiger partial charge in [0.15, 0.2) is 0 Å². The Morgan fingerprint density at radius 1 is 1.12 bits per heavy atom. The lowest BCUT2D eigenvalue weighted by molar-refractivity contribution is -0.156. The number of hydrogen-bond donors (Lipinski definition) is 3. The Balaban J connectivity index is 1.42. The molecule has 4 aliphatic rings. The number of sulfonamides is 1. The summed E-state index contributed by atoms with van der Waals surface area (Å²) < 4.78 is 83.5. The molecule has 2 saturated carbocycles. The summed E-state index contributed by atoms with van der Waals surface area (Å²) in [6.07, 6.45) is 3.44. The van der Waals surface area contributed by atoms with Crippen LogP contribution < -0.4 is 19.5 Å². The maximum absolute atomic E-state index is 15.4. The summed E-state index contributed by atoms with van der Waals surface area (Å²) in [5.41, 5.74) is -4.18. The quantitative estimate of drug-likeness (QED) is 0.241. The molecule has 0 unspecified atom stereocenters. The van der Waals surface area contributed by atoms with Gasteiger partial charge in [-0.2, -0.15) is 0 Å². The number of halogens is 3. The Morgan fingerprint density at radius 2 is 1.80 bits per heavy atom. The fourth-order valence-corrected chi connectivity index (χ4v) is 9.90. The third-order valence-electron chi connectivity index (χ3n) is 12.7. The highest BCUT2D eigenvalue weighted by Gasteiger charge is 2.64. The van der Waals surface area contributed by atoms with Crippen LogP contribution >= 0.6 is 0 Å². The van der Waals surface area contributed by atoms with Crippen LogP contribution in [0, 0.1) is 17.8 Å². The summed E-state index contributed by atoms with van der Waals surface area (Å²) in [4.78, 5) is 62.9. The van der Waals surface area contributed by atoms with Gasteiger partial charge >= 0.3 is 6.09 Å². The van der Waals surface area contributed by atoms with Crippen molar-refractivity contribution >= 4 is 44.6 Å². The third kappa shape index (κ3) is 8.29. The number of pyridine rings is 1. The second-order valence-electron chi connectivity index (χ2n) is 17.3. The zero-order valence-electron chi connectivity index (χ0n) is 34.2. The van der Waals surface area contributed by atoms with E-state index in [0.29, 0.717) is 47.8 Å². The van der Waals surface area contributed by atoms with E-state index in [1.165, 1.54) is 6.20 Å². The largest absolute Gasteiger partial charge is 0.492 e. The van der Waals surface area contributed by atoms with Gasteiger partial charge in [-0.25, -0.2) is 31.4 Å². The van der Waals surface area contributed by atoms with Gasteiger partial charge in [0.05, 0.1) is 19.3 Å². The molecule has 2 aliphatic heterocycles. The highest BCUT2D eigenvalue weighted by molar-refractivity contribution is 7.91. The van der Waals surface area contributed by atoms with Crippen molar-refractivity contribution in [3.05, 3.63) is 42.6 Å². The van der Waals surface area contributed by atoms with Crippen LogP contribution in [0.1, 0.15) is 86.5 Å². The fraction of sp³-hybridized carbons (Fsp3) is 0.634. The fourth-order valence-electron chi connectivity index (χ4n) is 8.48. The maximum atomic E-state index is 15.4. The number of benzene rings is 1. The number of carboxylic acid groups (broad SMARTS) is 1. The van der Waals surface area contributed by atoms with Crippen molar-refractivity contribution in [2.45, 2.75) is 126 Å². The molecule has 0 bridgehead atoms. The summed E-state index contributed by atoms with van der Waals surface area (Å²) in [6.45, 7) is 6.90. The number of fused-ring (bicyclic) bond motifs is 3. The lowest BCUT2D eigenvalue weighted by Gasteiger charge is -2.47. The van der Waals surface area contributed by atoms with Crippen molar-refractivity contribution in [3.8, 4) is 11.6 Å². The van der Waals surface area contributed by atoms with Gasteiger partial charge in [-0.05, 0) is 77.2 Å². The Morgan fingerprint density at radius 3 is 2.41 bits per heavy atom. The summed E-state index contributed by atoms with van der Waals surface area (Å²) in [6, 6.07) is 4.02. The number of nitrogens with one attached hydrogen (secondary N) is 2. The van der Waals surface area contributed by atoms with E-state index in [4.69, 9.17) is 9.47 Å². The molecule has 59 heavy (non-hydrogen) atoms. The van der Waals surface area contributed by atoms with E-state index in [2.05, 4.69) is 10.3 Å². The smallest absolute Gasteiger partial charge is 0.408 e. The van der Waals surface area contributed by atoms with Crippen molar-refractivity contribution in [2.24, 2.45) is 17.8 Å². The zero-order valence-corrected chi connectivity index (χ0v) is 35.0. The second kappa shape index (κ2) is 16.1. The van der Waals surface area contributed by atoms with Crippen LogP contribution in [0.4, 0.5) is 18.0 Å². The van der Waals surface area contributed by atoms with Crippen molar-refractivity contribution in [3.63, 3.8) is 0 Å². The van der Waals surface area contributed by atoms with E-state index in [9.17, 15) is 32.3 Å². The summed E-state index contributed by atoms with van der Waals surface area (Å²) in [7, 11) is -4.47. The van der Waals surface area contributed by atoms with E-state index in [0.717, 1.165) is 18.7 Å². The number of carbonyl (C=O) groups excluding carboxylic acids is 3. The predicted octanol–water partition coefficient (Wildman–Crippen LogP) is 5.60. The highest BCUT2D eigenvalue weighted by atomic mass is 32.2. The SMILES string of the molecule is CCOc1cnc(O[C@@H]2C[C@H]3C(=O)N[C@]4(C(=O)NS(=O)(=O)C5(CF)CC5)C[C@H]4/C=C\CC[C@@H](C)C[C@@H](C)[C@H](N(C(=O)O)C(C)(C)C(C)(F)F)C(=O)N3C2)c2ccccc12. The summed E-state index contributed by atoms with van der Waals surface area (Å²) >= 11 is 0. The minimum absolute atomic E-state index is 0.00365. The number of alkyl halides is 3. The lowest BCUT2D eigenvalue weighted by Crippen LogP contribution is -2.66. The molecule has 324 valence electrons. The minimum atomic E-state index is -4.47. The molecule has 0 spiro atoms. The summed E-state index contributed by atoms with van der Waals surface area (Å²) in [5, 5.41) is 14.6. The second-order valence-corrected chi connectivity index (χ2v) is 19.4. The van der Waals surface area contributed by atoms with Crippen LogP contribution in [-0.2, 0) is 24.4 Å². The average molecular weight is 850 g/mol. The molecule has 0 radical (unpaired) electrons. The van der Waals surface area contributed by atoms with E-state index in [-0.39, 0.29) is 50.4 Å². The van der Waals surface area contributed by atoms with Crippen molar-refractivity contribution in [1.82, 2.24) is 24.8 Å². The molecular weight excluding hydrogens is 796 g/mol. The number of hydrogen-bond acceptors (Lipinski definition) is 9. The van der Waals surface area contributed by atoms with Crippen LogP contribution in [0.15, 0.2) is 42.6 Å². The maximum Gasteiger partial charge on any atom is 0.408 e. The van der Waals surface area contributed by atoms with Gasteiger partial charge in [0.1, 0.15) is 46.4 Å². The van der Waals surface area contributed by atoms with Gasteiger partial charge < -0.3 is 24.8 Å². The van der Waals surface area contributed by atoms with Crippen LogP contribution in [0.5, 0.6) is 11.6 Å². The van der Waals surface area contributed by atoms with Crippen LogP contribution in [-0.4, -0.2) is 112 Å². The first kappa shape index (κ1) is 44.0. The number of allylic oxidation sites excluding steroid dienone is 1. The number of nitrogens with zero attached hydrogens (tertiary/aromatic N) is 3. The first-order chi connectivity index (χ1) is 27.6. The number of amides is 4. The monoisotopic (exact) mass is 849 g/mol. The van der Waals surface area contributed by atoms with Crippen LogP contribution in [0.25, 0.3) is 10.8 Å². The van der Waals surface area contributed by atoms with Crippen LogP contribution in [0.3, 0.4) is 0 Å². The number of ether oxygens (including phenoxy) is 2. The normalized spacial score (nSPS) is 29.2. The molecule has 1 saturated heterocycles. The minimum Gasteiger partial charge on any atom is -0.492 e.